The van der Waals surface area contributed by atoms with Gasteiger partial charge in [-0.05, 0) is 38.0 Å². The second-order valence-electron chi connectivity index (χ2n) is 4.82. The second kappa shape index (κ2) is 7.20. The first-order valence-electron chi connectivity index (χ1n) is 6.47. The zero-order valence-electron chi connectivity index (χ0n) is 10.7. The first-order valence-corrected chi connectivity index (χ1v) is 6.47. The molecule has 1 rings (SSSR count). The number of aliphatic hydroxyl groups excluding tert-OH is 1. The van der Waals surface area contributed by atoms with Crippen LogP contribution in [0.3, 0.4) is 0 Å². The number of carboxylic acid groups (broad SMARTS) is 1. The van der Waals surface area contributed by atoms with Crippen molar-refractivity contribution in [1.82, 2.24) is 10.6 Å². The van der Waals surface area contributed by atoms with Gasteiger partial charge >= 0.3 is 12.0 Å². The monoisotopic (exact) mass is 258 g/mol. The molecule has 18 heavy (non-hydrogen) atoms. The SMILES string of the molecule is CC[C@@H](NC(=O)NC1CCC(CO)CC1)C(=O)O. The van der Waals surface area contributed by atoms with Gasteiger partial charge in [-0.2, -0.15) is 0 Å². The number of amides is 2. The molecule has 0 spiro atoms. The minimum Gasteiger partial charge on any atom is -0.480 e. The zero-order valence-corrected chi connectivity index (χ0v) is 10.7. The molecule has 6 heteroatoms. The van der Waals surface area contributed by atoms with Crippen LogP contribution in [0.2, 0.25) is 0 Å². The van der Waals surface area contributed by atoms with Crippen molar-refractivity contribution in [3.63, 3.8) is 0 Å². The third kappa shape index (κ3) is 4.52. The lowest BCUT2D eigenvalue weighted by atomic mass is 9.87. The third-order valence-corrected chi connectivity index (χ3v) is 3.45. The average molecular weight is 258 g/mol. The first kappa shape index (κ1) is 14.8. The molecule has 1 atom stereocenters. The van der Waals surface area contributed by atoms with Crippen molar-refractivity contribution >= 4 is 12.0 Å². The number of hydrogen-bond donors (Lipinski definition) is 4. The predicted octanol–water partition coefficient (Wildman–Crippen LogP) is 0.700. The number of carboxylic acids is 1. The summed E-state index contributed by atoms with van der Waals surface area (Å²) in [5.41, 5.74) is 0. The maximum atomic E-state index is 11.6. The normalized spacial score (nSPS) is 25.2. The Morgan fingerprint density at radius 1 is 1.28 bits per heavy atom. The number of carbonyl (C=O) groups is 2. The summed E-state index contributed by atoms with van der Waals surface area (Å²) in [5, 5.41) is 23.1. The lowest BCUT2D eigenvalue weighted by Crippen LogP contribution is -2.49. The highest BCUT2D eigenvalue weighted by Crippen LogP contribution is 2.23. The Bertz CT molecular complexity index is 288. The maximum absolute atomic E-state index is 11.6. The summed E-state index contributed by atoms with van der Waals surface area (Å²) in [5.74, 6) is -0.676. The maximum Gasteiger partial charge on any atom is 0.326 e. The summed E-state index contributed by atoms with van der Waals surface area (Å²) in [6.45, 7) is 1.92. The van der Waals surface area contributed by atoms with Crippen LogP contribution in [0.1, 0.15) is 39.0 Å². The van der Waals surface area contributed by atoms with Crippen molar-refractivity contribution in [2.75, 3.05) is 6.61 Å². The smallest absolute Gasteiger partial charge is 0.326 e. The Kier molecular flexibility index (Phi) is 5.91. The van der Waals surface area contributed by atoms with E-state index in [0.29, 0.717) is 12.3 Å². The van der Waals surface area contributed by atoms with Gasteiger partial charge in [-0.15, -0.1) is 0 Å². The molecule has 1 aliphatic rings. The number of aliphatic carboxylic acids is 1. The van der Waals surface area contributed by atoms with Gasteiger partial charge in [0, 0.05) is 12.6 Å². The van der Waals surface area contributed by atoms with Crippen molar-refractivity contribution in [1.29, 1.82) is 0 Å². The fraction of sp³-hybridized carbons (Fsp3) is 0.833. The Labute approximate surface area is 107 Å². The van der Waals surface area contributed by atoms with E-state index in [-0.39, 0.29) is 12.6 Å². The van der Waals surface area contributed by atoms with Gasteiger partial charge in [0.15, 0.2) is 0 Å². The fourth-order valence-electron chi connectivity index (χ4n) is 2.21. The Morgan fingerprint density at radius 2 is 1.89 bits per heavy atom. The van der Waals surface area contributed by atoms with E-state index in [2.05, 4.69) is 10.6 Å². The van der Waals surface area contributed by atoms with Crippen LogP contribution < -0.4 is 10.6 Å². The van der Waals surface area contributed by atoms with E-state index < -0.39 is 18.0 Å². The van der Waals surface area contributed by atoms with Gasteiger partial charge in [0.2, 0.25) is 0 Å². The summed E-state index contributed by atoms with van der Waals surface area (Å²) in [7, 11) is 0. The summed E-state index contributed by atoms with van der Waals surface area (Å²) >= 11 is 0. The van der Waals surface area contributed by atoms with Crippen LogP contribution in [0.5, 0.6) is 0 Å². The molecule has 0 unspecified atom stereocenters. The topological polar surface area (TPSA) is 98.7 Å². The van der Waals surface area contributed by atoms with Crippen LogP contribution in [0.15, 0.2) is 0 Å². The molecule has 104 valence electrons. The number of urea groups is 1. The standard InChI is InChI=1S/C12H22N2O4/c1-2-10(11(16)17)14-12(18)13-9-5-3-8(7-15)4-6-9/h8-10,15H,2-7H2,1H3,(H,16,17)(H2,13,14,18)/t8?,9?,10-/m1/s1. The second-order valence-corrected chi connectivity index (χ2v) is 4.82. The molecule has 0 saturated heterocycles. The van der Waals surface area contributed by atoms with Crippen molar-refractivity contribution in [3.8, 4) is 0 Å². The number of nitrogens with one attached hydrogen (secondary N) is 2. The lowest BCUT2D eigenvalue weighted by Gasteiger charge is -2.28. The van der Waals surface area contributed by atoms with E-state index in [1.54, 1.807) is 6.92 Å². The number of hydrogen-bond acceptors (Lipinski definition) is 3. The molecule has 0 aliphatic heterocycles. The van der Waals surface area contributed by atoms with E-state index in [4.69, 9.17) is 10.2 Å². The van der Waals surface area contributed by atoms with Gasteiger partial charge in [-0.1, -0.05) is 6.92 Å². The molecule has 4 N–H and O–H groups in total. The van der Waals surface area contributed by atoms with E-state index in [0.717, 1.165) is 25.7 Å². The molecule has 0 heterocycles. The molecular weight excluding hydrogens is 236 g/mol. The van der Waals surface area contributed by atoms with Gasteiger partial charge < -0.3 is 20.8 Å². The van der Waals surface area contributed by atoms with Gasteiger partial charge in [0.05, 0.1) is 0 Å². The average Bonchev–Trinajstić information content (AvgIpc) is 2.36. The summed E-state index contributed by atoms with van der Waals surface area (Å²) < 4.78 is 0. The Morgan fingerprint density at radius 3 is 2.33 bits per heavy atom. The van der Waals surface area contributed by atoms with Gasteiger partial charge in [0.1, 0.15) is 6.04 Å². The lowest BCUT2D eigenvalue weighted by molar-refractivity contribution is -0.139. The van der Waals surface area contributed by atoms with E-state index in [9.17, 15) is 9.59 Å². The Balaban J connectivity index is 2.30. The molecular formula is C12H22N2O4. The molecule has 1 aliphatic carbocycles. The third-order valence-electron chi connectivity index (χ3n) is 3.45. The number of carbonyl (C=O) groups excluding carboxylic acids is 1. The van der Waals surface area contributed by atoms with Crippen molar-refractivity contribution in [2.24, 2.45) is 5.92 Å². The van der Waals surface area contributed by atoms with E-state index >= 15 is 0 Å². The molecule has 0 bridgehead atoms. The summed E-state index contributed by atoms with van der Waals surface area (Å²) in [6.07, 6.45) is 3.83. The van der Waals surface area contributed by atoms with E-state index in [1.165, 1.54) is 0 Å². The first-order chi connectivity index (χ1) is 8.56. The van der Waals surface area contributed by atoms with Crippen LogP contribution in [0.25, 0.3) is 0 Å². The van der Waals surface area contributed by atoms with Crippen LogP contribution in [-0.4, -0.2) is 40.9 Å². The van der Waals surface area contributed by atoms with Crippen LogP contribution in [0, 0.1) is 5.92 Å². The van der Waals surface area contributed by atoms with Crippen LogP contribution in [-0.2, 0) is 4.79 Å². The van der Waals surface area contributed by atoms with Crippen LogP contribution >= 0.6 is 0 Å². The predicted molar refractivity (Wildman–Crippen MR) is 66.2 cm³/mol. The van der Waals surface area contributed by atoms with Gasteiger partial charge in [-0.3, -0.25) is 0 Å². The summed E-state index contributed by atoms with van der Waals surface area (Å²) in [6, 6.07) is -1.17. The fourth-order valence-corrected chi connectivity index (χ4v) is 2.21. The molecule has 2 amide bonds. The highest BCUT2D eigenvalue weighted by molar-refractivity contribution is 5.82. The van der Waals surface area contributed by atoms with Gasteiger partial charge in [0.25, 0.3) is 0 Å². The highest BCUT2D eigenvalue weighted by Gasteiger charge is 2.23. The molecule has 0 aromatic carbocycles. The van der Waals surface area contributed by atoms with Crippen molar-refractivity contribution in [3.05, 3.63) is 0 Å². The molecule has 0 aromatic heterocycles. The van der Waals surface area contributed by atoms with Crippen molar-refractivity contribution < 1.29 is 19.8 Å². The zero-order chi connectivity index (χ0) is 13.5. The highest BCUT2D eigenvalue weighted by atomic mass is 16.4. The van der Waals surface area contributed by atoms with Crippen molar-refractivity contribution in [2.45, 2.75) is 51.1 Å². The van der Waals surface area contributed by atoms with E-state index in [1.807, 2.05) is 0 Å². The quantitative estimate of drug-likeness (QED) is 0.583. The molecule has 0 aromatic rings. The minimum absolute atomic E-state index is 0.0825. The van der Waals surface area contributed by atoms with Crippen LogP contribution in [0.4, 0.5) is 4.79 Å². The minimum atomic E-state index is -1.02. The Hall–Kier alpha value is -1.30. The molecule has 1 fully saturated rings. The summed E-state index contributed by atoms with van der Waals surface area (Å²) in [4.78, 5) is 22.4. The van der Waals surface area contributed by atoms with Gasteiger partial charge in [-0.25, -0.2) is 9.59 Å². The molecule has 1 saturated carbocycles. The number of aliphatic hydroxyl groups is 1. The largest absolute Gasteiger partial charge is 0.480 e. The number of rotatable bonds is 5. The molecule has 6 nitrogen and oxygen atoms in total. The molecule has 0 radical (unpaired) electrons.